The molecule has 0 N–H and O–H groups in total. The monoisotopic (exact) mass is 226 g/mol. The number of ether oxygens (including phenoxy) is 1. The molecule has 3 heteroatoms. The number of hydrogen-bond acceptors (Lipinski definition) is 3. The number of carbonyl (C=O) groups is 1. The number of hydrogen-bond donors (Lipinski definition) is 0. The van der Waals surface area contributed by atoms with Gasteiger partial charge in [-0.1, -0.05) is 20.8 Å². The van der Waals surface area contributed by atoms with E-state index in [-0.39, 0.29) is 17.3 Å². The molecule has 0 aliphatic rings. The van der Waals surface area contributed by atoms with Crippen molar-refractivity contribution in [3.8, 4) is 0 Å². The molecule has 84 valence electrons. The lowest BCUT2D eigenvalue weighted by atomic mass is 9.84. The average molecular weight is 226 g/mol. The fourth-order valence-corrected chi connectivity index (χ4v) is 2.34. The third-order valence-electron chi connectivity index (χ3n) is 2.38. The highest BCUT2D eigenvalue weighted by atomic mass is 32.1. The predicted molar refractivity (Wildman–Crippen MR) is 63.6 cm³/mol. The molecule has 0 bridgehead atoms. The SMILES string of the molecule is COC(C(=O)c1ccsc1C)C(C)(C)C. The molecule has 1 atom stereocenters. The molecule has 0 saturated carbocycles. The van der Waals surface area contributed by atoms with Gasteiger partial charge in [0.05, 0.1) is 0 Å². The van der Waals surface area contributed by atoms with Crippen molar-refractivity contribution >= 4 is 17.1 Å². The lowest BCUT2D eigenvalue weighted by Crippen LogP contribution is -2.36. The Hall–Kier alpha value is -0.670. The van der Waals surface area contributed by atoms with Crippen molar-refractivity contribution in [2.75, 3.05) is 7.11 Å². The zero-order chi connectivity index (χ0) is 11.6. The first-order valence-corrected chi connectivity index (χ1v) is 5.87. The molecular formula is C12H18O2S. The first-order chi connectivity index (χ1) is 6.88. The van der Waals surface area contributed by atoms with Crippen molar-refractivity contribution in [3.63, 3.8) is 0 Å². The Morgan fingerprint density at radius 1 is 1.47 bits per heavy atom. The zero-order valence-electron chi connectivity index (χ0n) is 9.96. The number of Topliss-reactive ketones (excluding diaryl/α,β-unsaturated/α-hetero) is 1. The maximum Gasteiger partial charge on any atom is 0.193 e. The van der Waals surface area contributed by atoms with Crippen molar-refractivity contribution in [2.24, 2.45) is 5.41 Å². The van der Waals surface area contributed by atoms with Crippen LogP contribution in [0.3, 0.4) is 0 Å². The Morgan fingerprint density at radius 3 is 2.40 bits per heavy atom. The lowest BCUT2D eigenvalue weighted by molar-refractivity contribution is 0.0196. The molecule has 1 rings (SSSR count). The summed E-state index contributed by atoms with van der Waals surface area (Å²) in [4.78, 5) is 13.2. The van der Waals surface area contributed by atoms with E-state index in [1.807, 2.05) is 39.1 Å². The van der Waals surface area contributed by atoms with E-state index in [9.17, 15) is 4.79 Å². The van der Waals surface area contributed by atoms with Gasteiger partial charge >= 0.3 is 0 Å². The summed E-state index contributed by atoms with van der Waals surface area (Å²) in [7, 11) is 1.59. The Morgan fingerprint density at radius 2 is 2.07 bits per heavy atom. The molecular weight excluding hydrogens is 208 g/mol. The topological polar surface area (TPSA) is 26.3 Å². The second-order valence-corrected chi connectivity index (χ2v) is 5.86. The van der Waals surface area contributed by atoms with Crippen molar-refractivity contribution in [1.29, 1.82) is 0 Å². The van der Waals surface area contributed by atoms with E-state index in [0.717, 1.165) is 10.4 Å². The zero-order valence-corrected chi connectivity index (χ0v) is 10.8. The average Bonchev–Trinajstić information content (AvgIpc) is 2.49. The second-order valence-electron chi connectivity index (χ2n) is 4.74. The fourth-order valence-electron chi connectivity index (χ4n) is 1.64. The number of methoxy groups -OCH3 is 1. The van der Waals surface area contributed by atoms with Crippen LogP contribution in [0.25, 0.3) is 0 Å². The van der Waals surface area contributed by atoms with Gasteiger partial charge in [-0.2, -0.15) is 0 Å². The molecule has 0 aromatic carbocycles. The number of rotatable bonds is 3. The third-order valence-corrected chi connectivity index (χ3v) is 3.23. The first-order valence-electron chi connectivity index (χ1n) is 4.99. The lowest BCUT2D eigenvalue weighted by Gasteiger charge is -2.27. The molecule has 0 aliphatic heterocycles. The van der Waals surface area contributed by atoms with Crippen LogP contribution in [0.15, 0.2) is 11.4 Å². The highest BCUT2D eigenvalue weighted by Gasteiger charge is 2.32. The maximum atomic E-state index is 12.2. The van der Waals surface area contributed by atoms with Crippen LogP contribution in [0.5, 0.6) is 0 Å². The van der Waals surface area contributed by atoms with Crippen LogP contribution in [0, 0.1) is 12.3 Å². The van der Waals surface area contributed by atoms with E-state index in [4.69, 9.17) is 4.74 Å². The van der Waals surface area contributed by atoms with Crippen LogP contribution >= 0.6 is 11.3 Å². The van der Waals surface area contributed by atoms with E-state index in [2.05, 4.69) is 0 Å². The van der Waals surface area contributed by atoms with Gasteiger partial charge in [0, 0.05) is 17.6 Å². The molecule has 2 nitrogen and oxygen atoms in total. The van der Waals surface area contributed by atoms with Gasteiger partial charge in [0.25, 0.3) is 0 Å². The Labute approximate surface area is 95.3 Å². The summed E-state index contributed by atoms with van der Waals surface area (Å²) >= 11 is 1.59. The Bertz CT molecular complexity index is 347. The number of ketones is 1. The summed E-state index contributed by atoms with van der Waals surface area (Å²) in [5, 5.41) is 1.94. The molecule has 0 fully saturated rings. The number of carbonyl (C=O) groups excluding carboxylic acids is 1. The normalized spacial score (nSPS) is 13.9. The van der Waals surface area contributed by atoms with E-state index in [1.165, 1.54) is 0 Å². The second kappa shape index (κ2) is 4.45. The standard InChI is InChI=1S/C12H18O2S/c1-8-9(6-7-15-8)10(13)11(14-5)12(2,3)4/h6-7,11H,1-5H3. The van der Waals surface area contributed by atoms with Crippen LogP contribution in [0.2, 0.25) is 0 Å². The molecule has 0 spiro atoms. The van der Waals surface area contributed by atoms with Gasteiger partial charge in [-0.15, -0.1) is 11.3 Å². The van der Waals surface area contributed by atoms with E-state index in [1.54, 1.807) is 18.4 Å². The number of aryl methyl sites for hydroxylation is 1. The van der Waals surface area contributed by atoms with Crippen LogP contribution in [0.4, 0.5) is 0 Å². The van der Waals surface area contributed by atoms with E-state index in [0.29, 0.717) is 0 Å². The van der Waals surface area contributed by atoms with Crippen molar-refractivity contribution in [3.05, 3.63) is 21.9 Å². The Balaban J connectivity index is 2.98. The molecule has 1 aromatic rings. The summed E-state index contributed by atoms with van der Waals surface area (Å²) in [5.74, 6) is 0.0868. The minimum absolute atomic E-state index is 0.0868. The van der Waals surface area contributed by atoms with Gasteiger partial charge in [0.1, 0.15) is 6.10 Å². The van der Waals surface area contributed by atoms with Gasteiger partial charge in [-0.25, -0.2) is 0 Å². The van der Waals surface area contributed by atoms with Gasteiger partial charge in [-0.05, 0) is 23.8 Å². The smallest absolute Gasteiger partial charge is 0.193 e. The third kappa shape index (κ3) is 2.67. The van der Waals surface area contributed by atoms with Crippen molar-refractivity contribution < 1.29 is 9.53 Å². The fraction of sp³-hybridized carbons (Fsp3) is 0.583. The van der Waals surface area contributed by atoms with Crippen LogP contribution in [0.1, 0.15) is 36.0 Å². The summed E-state index contributed by atoms with van der Waals surface area (Å²) in [6, 6.07) is 1.88. The predicted octanol–water partition coefficient (Wildman–Crippen LogP) is 3.30. The summed E-state index contributed by atoms with van der Waals surface area (Å²) in [6.07, 6.45) is -0.370. The minimum atomic E-state index is -0.370. The molecule has 1 aromatic heterocycles. The molecule has 1 heterocycles. The van der Waals surface area contributed by atoms with Crippen molar-refractivity contribution in [2.45, 2.75) is 33.8 Å². The first kappa shape index (κ1) is 12.4. The summed E-state index contributed by atoms with van der Waals surface area (Å²) in [6.45, 7) is 8.01. The van der Waals surface area contributed by atoms with Gasteiger partial charge in [-0.3, -0.25) is 4.79 Å². The molecule has 0 aliphatic carbocycles. The highest BCUT2D eigenvalue weighted by Crippen LogP contribution is 2.27. The molecule has 0 saturated heterocycles. The Kier molecular flexibility index (Phi) is 3.68. The quantitative estimate of drug-likeness (QED) is 0.739. The van der Waals surface area contributed by atoms with Gasteiger partial charge in [0.2, 0.25) is 0 Å². The van der Waals surface area contributed by atoms with Crippen LogP contribution < -0.4 is 0 Å². The molecule has 1 unspecified atom stereocenters. The minimum Gasteiger partial charge on any atom is -0.373 e. The van der Waals surface area contributed by atoms with Gasteiger partial charge in [0.15, 0.2) is 5.78 Å². The van der Waals surface area contributed by atoms with Crippen molar-refractivity contribution in [1.82, 2.24) is 0 Å². The van der Waals surface area contributed by atoms with Crippen LogP contribution in [-0.4, -0.2) is 19.0 Å². The maximum absolute atomic E-state index is 12.2. The van der Waals surface area contributed by atoms with E-state index < -0.39 is 0 Å². The van der Waals surface area contributed by atoms with Crippen LogP contribution in [-0.2, 0) is 4.74 Å². The van der Waals surface area contributed by atoms with Gasteiger partial charge < -0.3 is 4.74 Å². The number of thiophene rings is 1. The highest BCUT2D eigenvalue weighted by molar-refractivity contribution is 7.10. The largest absolute Gasteiger partial charge is 0.373 e. The molecule has 0 amide bonds. The molecule has 0 radical (unpaired) electrons. The van der Waals surface area contributed by atoms with E-state index >= 15 is 0 Å². The summed E-state index contributed by atoms with van der Waals surface area (Å²) < 4.78 is 5.31. The molecule has 15 heavy (non-hydrogen) atoms. The summed E-state index contributed by atoms with van der Waals surface area (Å²) in [5.41, 5.74) is 0.627.